The molecule has 7 fully saturated rings. The molecule has 7 aliphatic rings. The second-order valence-electron chi connectivity index (χ2n) is 6.29. The van der Waals surface area contributed by atoms with Crippen LogP contribution in [0.2, 0.25) is 0 Å². The molecule has 1 heterocycles. The van der Waals surface area contributed by atoms with Crippen LogP contribution in [0, 0.1) is 35.5 Å². The lowest BCUT2D eigenvalue weighted by atomic mass is 9.97. The van der Waals surface area contributed by atoms with Crippen molar-refractivity contribution in [3.8, 4) is 0 Å². The normalized spacial score (nSPS) is 82.0. The fourth-order valence-corrected chi connectivity index (χ4v) is 8.24. The van der Waals surface area contributed by atoms with Crippen LogP contribution in [0.1, 0.15) is 0 Å². The van der Waals surface area contributed by atoms with Crippen molar-refractivity contribution in [2.45, 2.75) is 15.7 Å². The van der Waals surface area contributed by atoms with Crippen LogP contribution >= 0.6 is 15.9 Å². The summed E-state index contributed by atoms with van der Waals surface area (Å²) in [6.07, 6.45) is 0. The summed E-state index contributed by atoms with van der Waals surface area (Å²) < 4.78 is 12.1. The Morgan fingerprint density at radius 2 is 1.80 bits per heavy atom. The van der Waals surface area contributed by atoms with Crippen molar-refractivity contribution in [3.05, 3.63) is 0 Å². The van der Waals surface area contributed by atoms with E-state index in [9.17, 15) is 0 Å². The van der Waals surface area contributed by atoms with Gasteiger partial charge in [-0.3, -0.25) is 0 Å². The van der Waals surface area contributed by atoms with Gasteiger partial charge in [-0.05, 0) is 23.7 Å². The standard InChI is InChI=1S/C11H12BrNO2/c12-10-5-3-4(5)9(13)7(8(9)10)6(3)11(10)14-1-2-15-11/h3-8H,1-2,13H2/t3-,4+,5+,6+,7+,8+,9-,10-/m0/s1. The van der Waals surface area contributed by atoms with Gasteiger partial charge in [0.15, 0.2) is 5.79 Å². The average Bonchev–Trinajstić information content (AvgIpc) is 2.86. The number of alkyl halides is 1. The molecule has 7 rings (SSSR count). The van der Waals surface area contributed by atoms with Crippen molar-refractivity contribution in [1.29, 1.82) is 0 Å². The summed E-state index contributed by atoms with van der Waals surface area (Å²) in [5.74, 6) is 4.08. The summed E-state index contributed by atoms with van der Waals surface area (Å²) in [7, 11) is 0. The number of hydrogen-bond acceptors (Lipinski definition) is 3. The maximum Gasteiger partial charge on any atom is 0.187 e. The fraction of sp³-hybridized carbons (Fsp3) is 1.00. The summed E-state index contributed by atoms with van der Waals surface area (Å²) in [6.45, 7) is 1.54. The number of rotatable bonds is 0. The second-order valence-corrected chi connectivity index (χ2v) is 7.60. The van der Waals surface area contributed by atoms with Crippen LogP contribution in [0.4, 0.5) is 0 Å². The van der Waals surface area contributed by atoms with Crippen LogP contribution in [0.3, 0.4) is 0 Å². The number of halogens is 1. The van der Waals surface area contributed by atoms with Gasteiger partial charge in [-0.2, -0.15) is 0 Å². The molecule has 8 atom stereocenters. The maximum absolute atomic E-state index is 6.54. The number of ether oxygens (including phenoxy) is 2. The highest BCUT2D eigenvalue weighted by Crippen LogP contribution is 3.00. The summed E-state index contributed by atoms with van der Waals surface area (Å²) in [5, 5.41) is 0. The largest absolute Gasteiger partial charge is 0.346 e. The van der Waals surface area contributed by atoms with E-state index in [4.69, 9.17) is 15.2 Å². The zero-order valence-corrected chi connectivity index (χ0v) is 9.74. The lowest BCUT2D eigenvalue weighted by Crippen LogP contribution is -2.51. The van der Waals surface area contributed by atoms with E-state index in [1.54, 1.807) is 0 Å². The molecule has 3 nitrogen and oxygen atoms in total. The first-order valence-electron chi connectivity index (χ1n) is 5.95. The van der Waals surface area contributed by atoms with E-state index in [1.807, 2.05) is 0 Å². The van der Waals surface area contributed by atoms with E-state index >= 15 is 0 Å². The van der Waals surface area contributed by atoms with Crippen molar-refractivity contribution < 1.29 is 9.47 Å². The molecule has 15 heavy (non-hydrogen) atoms. The molecule has 6 saturated carbocycles. The Bertz CT molecular complexity index is 436. The Kier molecular flexibility index (Phi) is 0.802. The first-order chi connectivity index (χ1) is 7.19. The van der Waals surface area contributed by atoms with E-state index in [-0.39, 0.29) is 15.7 Å². The van der Waals surface area contributed by atoms with Crippen molar-refractivity contribution in [1.82, 2.24) is 0 Å². The topological polar surface area (TPSA) is 44.5 Å². The predicted molar refractivity (Wildman–Crippen MR) is 54.2 cm³/mol. The Balaban J connectivity index is 1.68. The highest BCUT2D eigenvalue weighted by molar-refractivity contribution is 9.10. The quantitative estimate of drug-likeness (QED) is 0.645. The number of nitrogens with two attached hydrogens (primary N) is 1. The summed E-state index contributed by atoms with van der Waals surface area (Å²) in [6, 6.07) is 0. The molecule has 2 N–H and O–H groups in total. The molecule has 0 aromatic heterocycles. The third-order valence-corrected chi connectivity index (χ3v) is 8.02. The van der Waals surface area contributed by atoms with Gasteiger partial charge in [0.1, 0.15) is 0 Å². The van der Waals surface area contributed by atoms with Gasteiger partial charge in [-0.25, -0.2) is 0 Å². The Morgan fingerprint density at radius 1 is 1.07 bits per heavy atom. The third kappa shape index (κ3) is 0.397. The monoisotopic (exact) mass is 269 g/mol. The molecule has 2 bridgehead atoms. The van der Waals surface area contributed by atoms with Gasteiger partial charge in [-0.15, -0.1) is 0 Å². The maximum atomic E-state index is 6.54. The van der Waals surface area contributed by atoms with Gasteiger partial charge in [0.2, 0.25) is 0 Å². The molecule has 0 amide bonds. The summed E-state index contributed by atoms with van der Waals surface area (Å²) in [5.41, 5.74) is 6.72. The minimum Gasteiger partial charge on any atom is -0.346 e. The van der Waals surface area contributed by atoms with E-state index < -0.39 is 0 Å². The van der Waals surface area contributed by atoms with Crippen molar-refractivity contribution in [2.75, 3.05) is 13.2 Å². The van der Waals surface area contributed by atoms with E-state index in [1.165, 1.54) is 0 Å². The van der Waals surface area contributed by atoms with Gasteiger partial charge >= 0.3 is 0 Å². The first-order valence-corrected chi connectivity index (χ1v) is 6.74. The minimum absolute atomic E-state index is 0.0932. The molecule has 4 heteroatoms. The number of hydrogen-bond donors (Lipinski definition) is 1. The van der Waals surface area contributed by atoms with E-state index in [0.29, 0.717) is 17.8 Å². The Morgan fingerprint density at radius 3 is 2.20 bits per heavy atom. The van der Waals surface area contributed by atoms with Gasteiger partial charge in [-0.1, -0.05) is 15.9 Å². The van der Waals surface area contributed by atoms with Crippen LogP contribution < -0.4 is 5.73 Å². The van der Waals surface area contributed by atoms with Gasteiger partial charge in [0.05, 0.1) is 17.5 Å². The first kappa shape index (κ1) is 7.64. The smallest absolute Gasteiger partial charge is 0.187 e. The second kappa shape index (κ2) is 1.57. The fourth-order valence-electron chi connectivity index (χ4n) is 6.48. The molecule has 1 saturated heterocycles. The molecule has 1 aliphatic heterocycles. The lowest BCUT2D eigenvalue weighted by molar-refractivity contribution is -0.191. The molecule has 0 aromatic carbocycles. The molecule has 80 valence electrons. The van der Waals surface area contributed by atoms with Crippen molar-refractivity contribution >= 4 is 15.9 Å². The van der Waals surface area contributed by atoms with E-state index in [0.717, 1.165) is 31.0 Å². The van der Waals surface area contributed by atoms with Gasteiger partial charge in [0, 0.05) is 17.4 Å². The van der Waals surface area contributed by atoms with Crippen LogP contribution in [-0.4, -0.2) is 28.9 Å². The summed E-state index contributed by atoms with van der Waals surface area (Å²) in [4.78, 5) is 0. The Labute approximate surface area is 95.8 Å². The van der Waals surface area contributed by atoms with E-state index in [2.05, 4.69) is 15.9 Å². The zero-order chi connectivity index (χ0) is 9.79. The van der Waals surface area contributed by atoms with Gasteiger partial charge in [0.25, 0.3) is 0 Å². The Hall–Kier alpha value is 0.360. The van der Waals surface area contributed by atoms with Crippen LogP contribution in [-0.2, 0) is 9.47 Å². The molecule has 0 radical (unpaired) electrons. The third-order valence-electron chi connectivity index (χ3n) is 6.45. The predicted octanol–water partition coefficient (Wildman–Crippen LogP) is 0.326. The molecular weight excluding hydrogens is 258 g/mol. The zero-order valence-electron chi connectivity index (χ0n) is 8.15. The summed E-state index contributed by atoms with van der Waals surface area (Å²) >= 11 is 4.01. The van der Waals surface area contributed by atoms with Crippen LogP contribution in [0.25, 0.3) is 0 Å². The molecule has 0 unspecified atom stereocenters. The van der Waals surface area contributed by atoms with Crippen molar-refractivity contribution in [2.24, 2.45) is 41.2 Å². The minimum atomic E-state index is -0.270. The lowest BCUT2D eigenvalue weighted by Gasteiger charge is -2.37. The van der Waals surface area contributed by atoms with Crippen LogP contribution in [0.15, 0.2) is 0 Å². The molecule has 6 aliphatic carbocycles. The SMILES string of the molecule is N[C@@]12[C@@H]3[C@@H]4[C@@H]5[C@@H]1[C@H]2[C@@](Br)([C@H]43)C51OCCO1. The molecule has 1 spiro atoms. The van der Waals surface area contributed by atoms with Gasteiger partial charge < -0.3 is 15.2 Å². The average molecular weight is 270 g/mol. The molecule has 0 aromatic rings. The molecular formula is C11H12BrNO2. The van der Waals surface area contributed by atoms with Crippen molar-refractivity contribution in [3.63, 3.8) is 0 Å². The highest BCUT2D eigenvalue weighted by Gasteiger charge is 3.08. The highest BCUT2D eigenvalue weighted by atomic mass is 79.9. The van der Waals surface area contributed by atoms with Crippen LogP contribution in [0.5, 0.6) is 0 Å².